The van der Waals surface area contributed by atoms with Crippen molar-refractivity contribution in [2.24, 2.45) is 13.0 Å². The van der Waals surface area contributed by atoms with E-state index in [-0.39, 0.29) is 35.0 Å². The maximum atomic E-state index is 14.5. The maximum Gasteiger partial charge on any atom is 0.241 e. The summed E-state index contributed by atoms with van der Waals surface area (Å²) in [7, 11) is -1.86. The van der Waals surface area contributed by atoms with Crippen molar-refractivity contribution in [3.63, 3.8) is 0 Å². The van der Waals surface area contributed by atoms with Crippen LogP contribution in [0.25, 0.3) is 0 Å². The first-order valence-corrected chi connectivity index (χ1v) is 15.4. The number of halogens is 1. The molecule has 1 saturated carbocycles. The third-order valence-electron chi connectivity index (χ3n) is 8.28. The molecule has 4 aromatic rings. The van der Waals surface area contributed by atoms with Crippen LogP contribution in [0.4, 0.5) is 10.1 Å². The van der Waals surface area contributed by atoms with Gasteiger partial charge in [0.25, 0.3) is 0 Å². The molecular weight excluding hydrogens is 539 g/mol. The molecule has 1 N–H and O–H groups in total. The molecule has 0 saturated heterocycles. The van der Waals surface area contributed by atoms with Crippen molar-refractivity contribution in [2.75, 3.05) is 4.90 Å². The molecule has 6 rings (SSSR count). The second-order valence-electron chi connectivity index (χ2n) is 11.1. The van der Waals surface area contributed by atoms with E-state index in [1.54, 1.807) is 53.6 Å². The molecule has 0 aliphatic heterocycles. The third kappa shape index (κ3) is 5.56. The standard InChI is InChI=1S/C32H33FN4O3S/c1-21-10-14-24(15-11-21)41(39,40)35-30-9-5-6-22-12-13-23(18-26(22)30)37(20-31-34-16-17-36(31)2)32(38)28-19-27(28)25-7-3-4-8-29(25)33/h3-4,7-8,10-18,27-28,30,35H,5-6,9,19-20H2,1-2H3/t27-,28-,30+/m1/s1. The number of hydrogen-bond acceptors (Lipinski definition) is 4. The Morgan fingerprint density at radius 1 is 1.10 bits per heavy atom. The van der Waals surface area contributed by atoms with Gasteiger partial charge >= 0.3 is 0 Å². The Bertz CT molecular complexity index is 1700. The van der Waals surface area contributed by atoms with Crippen molar-refractivity contribution in [1.82, 2.24) is 14.3 Å². The van der Waals surface area contributed by atoms with Crippen molar-refractivity contribution >= 4 is 21.6 Å². The second-order valence-corrected chi connectivity index (χ2v) is 12.8. The minimum Gasteiger partial charge on any atom is -0.337 e. The number of fused-ring (bicyclic) bond motifs is 1. The molecule has 1 aromatic heterocycles. The second kappa shape index (κ2) is 10.9. The van der Waals surface area contributed by atoms with Gasteiger partial charge in [-0.15, -0.1) is 0 Å². The average Bonchev–Trinajstić information content (AvgIpc) is 3.65. The van der Waals surface area contributed by atoms with E-state index < -0.39 is 16.1 Å². The zero-order valence-corrected chi connectivity index (χ0v) is 23.9. The Balaban J connectivity index is 1.32. The Labute approximate surface area is 240 Å². The van der Waals surface area contributed by atoms with Crippen LogP contribution >= 0.6 is 0 Å². The number of carbonyl (C=O) groups excluding carboxylic acids is 1. The van der Waals surface area contributed by atoms with E-state index in [1.807, 2.05) is 42.9 Å². The van der Waals surface area contributed by atoms with Crippen molar-refractivity contribution in [2.45, 2.75) is 56.0 Å². The molecule has 9 heteroatoms. The number of sulfonamides is 1. The summed E-state index contributed by atoms with van der Waals surface area (Å²) in [5.41, 5.74) is 4.18. The van der Waals surface area contributed by atoms with E-state index in [4.69, 9.17) is 0 Å². The Hall–Kier alpha value is -3.82. The Kier molecular flexibility index (Phi) is 7.25. The summed E-state index contributed by atoms with van der Waals surface area (Å²) in [6.07, 6.45) is 6.47. The number of benzene rings is 3. The number of nitrogens with zero attached hydrogens (tertiary/aromatic N) is 3. The zero-order chi connectivity index (χ0) is 28.7. The number of carbonyl (C=O) groups is 1. The highest BCUT2D eigenvalue weighted by Gasteiger charge is 2.47. The van der Waals surface area contributed by atoms with Gasteiger partial charge in [-0.2, -0.15) is 0 Å². The van der Waals surface area contributed by atoms with Crippen LogP contribution in [0.1, 0.15) is 59.3 Å². The zero-order valence-electron chi connectivity index (χ0n) is 23.1. The van der Waals surface area contributed by atoms with Crippen molar-refractivity contribution < 1.29 is 17.6 Å². The minimum atomic E-state index is -3.74. The van der Waals surface area contributed by atoms with E-state index in [9.17, 15) is 17.6 Å². The fourth-order valence-corrected chi connectivity index (χ4v) is 7.07. The van der Waals surface area contributed by atoms with Gasteiger partial charge in [0.1, 0.15) is 11.6 Å². The van der Waals surface area contributed by atoms with Crippen molar-refractivity contribution in [3.8, 4) is 0 Å². The van der Waals surface area contributed by atoms with Gasteiger partial charge in [0, 0.05) is 37.1 Å². The lowest BCUT2D eigenvalue weighted by atomic mass is 9.87. The molecule has 212 valence electrons. The number of hydrogen-bond donors (Lipinski definition) is 1. The summed E-state index contributed by atoms with van der Waals surface area (Å²) in [6.45, 7) is 2.17. The van der Waals surface area contributed by atoms with E-state index in [0.29, 0.717) is 24.1 Å². The lowest BCUT2D eigenvalue weighted by molar-refractivity contribution is -0.120. The van der Waals surface area contributed by atoms with Crippen LogP contribution in [0.15, 0.2) is 84.0 Å². The van der Waals surface area contributed by atoms with Gasteiger partial charge in [0.15, 0.2) is 0 Å². The van der Waals surface area contributed by atoms with Crippen LogP contribution in [0.3, 0.4) is 0 Å². The quantitative estimate of drug-likeness (QED) is 0.300. The van der Waals surface area contributed by atoms with Gasteiger partial charge in [-0.05, 0) is 85.5 Å². The monoisotopic (exact) mass is 572 g/mol. The van der Waals surface area contributed by atoms with E-state index in [1.165, 1.54) is 6.07 Å². The Morgan fingerprint density at radius 2 is 1.88 bits per heavy atom. The number of anilines is 1. The summed E-state index contributed by atoms with van der Waals surface area (Å²) in [5.74, 6) is -0.163. The molecule has 7 nitrogen and oxygen atoms in total. The highest BCUT2D eigenvalue weighted by atomic mass is 32.2. The van der Waals surface area contributed by atoms with Crippen LogP contribution < -0.4 is 9.62 Å². The van der Waals surface area contributed by atoms with Gasteiger partial charge in [0.05, 0.1) is 11.4 Å². The molecule has 1 fully saturated rings. The SMILES string of the molecule is Cc1ccc(S(=O)(=O)N[C@H]2CCCc3ccc(N(Cc4nccn4C)C(=O)[C@@H]4C[C@@H]4c4ccccc4F)cc32)cc1. The van der Waals surface area contributed by atoms with Gasteiger partial charge in [0.2, 0.25) is 15.9 Å². The number of amides is 1. The number of rotatable bonds is 8. The van der Waals surface area contributed by atoms with E-state index >= 15 is 0 Å². The first-order valence-electron chi connectivity index (χ1n) is 13.9. The fraction of sp³-hybridized carbons (Fsp3) is 0.312. The summed E-state index contributed by atoms with van der Waals surface area (Å²) in [6, 6.07) is 18.9. The lowest BCUT2D eigenvalue weighted by Crippen LogP contribution is -2.34. The van der Waals surface area contributed by atoms with Crippen molar-refractivity contribution in [3.05, 3.63) is 113 Å². The highest BCUT2D eigenvalue weighted by molar-refractivity contribution is 7.89. The molecule has 1 heterocycles. The molecule has 3 aromatic carbocycles. The topological polar surface area (TPSA) is 84.3 Å². The molecule has 0 spiro atoms. The average molecular weight is 573 g/mol. The molecule has 1 amide bonds. The van der Waals surface area contributed by atoms with Gasteiger partial charge < -0.3 is 9.47 Å². The number of imidazole rings is 1. The molecule has 2 aliphatic rings. The minimum absolute atomic E-state index is 0.0891. The number of nitrogens with one attached hydrogen (secondary N) is 1. The maximum absolute atomic E-state index is 14.5. The smallest absolute Gasteiger partial charge is 0.241 e. The molecule has 41 heavy (non-hydrogen) atoms. The molecule has 0 radical (unpaired) electrons. The largest absolute Gasteiger partial charge is 0.337 e. The number of aryl methyl sites for hydroxylation is 3. The number of aromatic nitrogens is 2. The first-order chi connectivity index (χ1) is 19.7. The summed E-state index contributed by atoms with van der Waals surface area (Å²) >= 11 is 0. The van der Waals surface area contributed by atoms with Crippen LogP contribution in [-0.2, 0) is 34.8 Å². The Morgan fingerprint density at radius 3 is 2.61 bits per heavy atom. The van der Waals surface area contributed by atoms with Crippen LogP contribution in [-0.4, -0.2) is 23.9 Å². The van der Waals surface area contributed by atoms with E-state index in [0.717, 1.165) is 35.4 Å². The summed E-state index contributed by atoms with van der Waals surface area (Å²) in [5, 5.41) is 0. The third-order valence-corrected chi connectivity index (χ3v) is 9.77. The van der Waals surface area contributed by atoms with Crippen LogP contribution in [0.2, 0.25) is 0 Å². The normalized spacial score (nSPS) is 19.9. The molecular formula is C32H33FN4O3S. The highest BCUT2D eigenvalue weighted by Crippen LogP contribution is 2.50. The molecule has 2 aliphatic carbocycles. The lowest BCUT2D eigenvalue weighted by Gasteiger charge is -2.29. The molecule has 0 bridgehead atoms. The van der Waals surface area contributed by atoms with Crippen LogP contribution in [0, 0.1) is 18.7 Å². The molecule has 3 atom stereocenters. The predicted octanol–water partition coefficient (Wildman–Crippen LogP) is 5.56. The van der Waals surface area contributed by atoms with Gasteiger partial charge in [-0.1, -0.05) is 42.0 Å². The fourth-order valence-electron chi connectivity index (χ4n) is 5.82. The van der Waals surface area contributed by atoms with Gasteiger partial charge in [-0.3, -0.25) is 4.79 Å². The first kappa shape index (κ1) is 27.4. The van der Waals surface area contributed by atoms with Gasteiger partial charge in [-0.25, -0.2) is 22.5 Å². The summed E-state index contributed by atoms with van der Waals surface area (Å²) in [4.78, 5) is 20.4. The van der Waals surface area contributed by atoms with E-state index in [2.05, 4.69) is 9.71 Å². The van der Waals surface area contributed by atoms with Crippen LogP contribution in [0.5, 0.6) is 0 Å². The predicted molar refractivity (Wildman–Crippen MR) is 155 cm³/mol. The molecule has 0 unspecified atom stereocenters. The van der Waals surface area contributed by atoms with Crippen molar-refractivity contribution in [1.29, 1.82) is 0 Å². The summed E-state index contributed by atoms with van der Waals surface area (Å²) < 4.78 is 45.9.